The SMILES string of the molecule is Cc1nc(S(C)(=O)=O)ccc1Nc1ncnc(OC2CCN(C(=O)O)CC2)c1C. The van der Waals surface area contributed by atoms with Crippen LogP contribution in [0.4, 0.5) is 16.3 Å². The highest BCUT2D eigenvalue weighted by molar-refractivity contribution is 7.90. The van der Waals surface area contributed by atoms with Gasteiger partial charge in [0, 0.05) is 32.2 Å². The van der Waals surface area contributed by atoms with Gasteiger partial charge in [-0.15, -0.1) is 0 Å². The molecule has 11 heteroatoms. The first-order chi connectivity index (χ1) is 13.6. The summed E-state index contributed by atoms with van der Waals surface area (Å²) in [6.07, 6.45) is 2.64. The lowest BCUT2D eigenvalue weighted by molar-refractivity contribution is 0.0866. The van der Waals surface area contributed by atoms with Crippen LogP contribution in [-0.2, 0) is 9.84 Å². The molecule has 0 saturated carbocycles. The highest BCUT2D eigenvalue weighted by Crippen LogP contribution is 2.27. The van der Waals surface area contributed by atoms with Crippen molar-refractivity contribution in [3.63, 3.8) is 0 Å². The lowest BCUT2D eigenvalue weighted by Gasteiger charge is -2.30. The van der Waals surface area contributed by atoms with E-state index in [-0.39, 0.29) is 11.1 Å². The molecular weight excluding hydrogens is 398 g/mol. The number of amides is 1. The molecule has 156 valence electrons. The van der Waals surface area contributed by atoms with Gasteiger partial charge in [-0.2, -0.15) is 0 Å². The third kappa shape index (κ3) is 4.91. The molecule has 1 aliphatic rings. The average Bonchev–Trinajstić information content (AvgIpc) is 2.66. The number of sulfone groups is 1. The number of piperidine rings is 1. The fourth-order valence-corrected chi connectivity index (χ4v) is 3.62. The van der Waals surface area contributed by atoms with Crippen LogP contribution in [0.25, 0.3) is 0 Å². The minimum absolute atomic E-state index is 0.0108. The number of carbonyl (C=O) groups is 1. The summed E-state index contributed by atoms with van der Waals surface area (Å²) in [5.74, 6) is 0.949. The number of nitrogens with zero attached hydrogens (tertiary/aromatic N) is 4. The number of nitrogens with one attached hydrogen (secondary N) is 1. The Balaban J connectivity index is 1.73. The molecule has 0 atom stereocenters. The van der Waals surface area contributed by atoms with E-state index in [0.29, 0.717) is 54.6 Å². The molecule has 1 amide bonds. The molecule has 1 aliphatic heterocycles. The lowest BCUT2D eigenvalue weighted by atomic mass is 10.1. The second kappa shape index (κ2) is 8.19. The molecule has 3 heterocycles. The Hall–Kier alpha value is -2.95. The maximum Gasteiger partial charge on any atom is 0.407 e. The Bertz CT molecular complexity index is 1020. The van der Waals surface area contributed by atoms with Crippen LogP contribution in [-0.4, -0.2) is 64.9 Å². The molecule has 0 spiro atoms. The van der Waals surface area contributed by atoms with Crippen molar-refractivity contribution >= 4 is 27.4 Å². The van der Waals surface area contributed by atoms with Crippen LogP contribution in [0.1, 0.15) is 24.1 Å². The summed E-state index contributed by atoms with van der Waals surface area (Å²) in [5, 5.41) is 12.2. The van der Waals surface area contributed by atoms with Crippen molar-refractivity contribution in [2.24, 2.45) is 0 Å². The second-order valence-electron chi connectivity index (χ2n) is 6.92. The van der Waals surface area contributed by atoms with E-state index in [0.717, 1.165) is 6.26 Å². The molecule has 1 fully saturated rings. The van der Waals surface area contributed by atoms with Crippen LogP contribution >= 0.6 is 0 Å². The highest BCUT2D eigenvalue weighted by Gasteiger charge is 2.24. The summed E-state index contributed by atoms with van der Waals surface area (Å²) in [5.41, 5.74) is 1.84. The van der Waals surface area contributed by atoms with Gasteiger partial charge in [0.1, 0.15) is 18.2 Å². The summed E-state index contributed by atoms with van der Waals surface area (Å²) in [6.45, 7) is 4.37. The predicted molar refractivity (Wildman–Crippen MR) is 105 cm³/mol. The maximum atomic E-state index is 11.6. The van der Waals surface area contributed by atoms with Crippen LogP contribution in [0.15, 0.2) is 23.5 Å². The van der Waals surface area contributed by atoms with E-state index in [1.807, 2.05) is 6.92 Å². The number of anilines is 2. The van der Waals surface area contributed by atoms with Gasteiger partial charge < -0.3 is 20.1 Å². The zero-order valence-corrected chi connectivity index (χ0v) is 17.2. The second-order valence-corrected chi connectivity index (χ2v) is 8.88. The molecule has 29 heavy (non-hydrogen) atoms. The van der Waals surface area contributed by atoms with E-state index < -0.39 is 15.9 Å². The quantitative estimate of drug-likeness (QED) is 0.744. The largest absolute Gasteiger partial charge is 0.474 e. The molecule has 2 N–H and O–H groups in total. The van der Waals surface area contributed by atoms with Gasteiger partial charge in [-0.25, -0.2) is 28.2 Å². The van der Waals surface area contributed by atoms with Crippen molar-refractivity contribution in [2.75, 3.05) is 24.7 Å². The zero-order chi connectivity index (χ0) is 21.2. The third-order valence-electron chi connectivity index (χ3n) is 4.72. The van der Waals surface area contributed by atoms with Gasteiger partial charge in [0.2, 0.25) is 5.88 Å². The van der Waals surface area contributed by atoms with Gasteiger partial charge in [0.25, 0.3) is 0 Å². The predicted octanol–water partition coefficient (Wildman–Crippen LogP) is 2.16. The summed E-state index contributed by atoms with van der Waals surface area (Å²) in [4.78, 5) is 25.0. The van der Waals surface area contributed by atoms with Gasteiger partial charge in [-0.3, -0.25) is 0 Å². The fraction of sp³-hybridized carbons (Fsp3) is 0.444. The van der Waals surface area contributed by atoms with Gasteiger partial charge in [0.05, 0.1) is 16.9 Å². The summed E-state index contributed by atoms with van der Waals surface area (Å²) < 4.78 is 29.3. The van der Waals surface area contributed by atoms with E-state index in [2.05, 4.69) is 20.3 Å². The monoisotopic (exact) mass is 421 g/mol. The van der Waals surface area contributed by atoms with Gasteiger partial charge in [0.15, 0.2) is 14.9 Å². The van der Waals surface area contributed by atoms with E-state index in [1.165, 1.54) is 17.3 Å². The number of rotatable bonds is 5. The molecule has 0 radical (unpaired) electrons. The normalized spacial score (nSPS) is 15.2. The minimum atomic E-state index is -3.38. The standard InChI is InChI=1S/C18H23N5O5S/c1-11-16(22-14-4-5-15(21-12(14)2)29(3,26)27)19-10-20-17(11)28-13-6-8-23(9-7-13)18(24)25/h4-5,10,13H,6-9H2,1-3H3,(H,24,25)(H,19,20,22). The number of ether oxygens (including phenoxy) is 1. The number of hydrogen-bond acceptors (Lipinski definition) is 8. The number of aryl methyl sites for hydroxylation is 1. The van der Waals surface area contributed by atoms with Gasteiger partial charge in [-0.05, 0) is 26.0 Å². The Kier molecular flexibility index (Phi) is 5.87. The first kappa shape index (κ1) is 20.8. The van der Waals surface area contributed by atoms with E-state index in [9.17, 15) is 13.2 Å². The van der Waals surface area contributed by atoms with Crippen molar-refractivity contribution in [2.45, 2.75) is 37.8 Å². The Morgan fingerprint density at radius 2 is 1.93 bits per heavy atom. The molecule has 2 aromatic rings. The fourth-order valence-electron chi connectivity index (χ4n) is 3.01. The smallest absolute Gasteiger partial charge is 0.407 e. The Morgan fingerprint density at radius 1 is 1.24 bits per heavy atom. The van der Waals surface area contributed by atoms with Crippen molar-refractivity contribution < 1.29 is 23.1 Å². The van der Waals surface area contributed by atoms with Crippen LogP contribution in [0, 0.1) is 13.8 Å². The third-order valence-corrected chi connectivity index (χ3v) is 5.71. The number of carboxylic acid groups (broad SMARTS) is 1. The summed E-state index contributed by atoms with van der Waals surface area (Å²) in [7, 11) is -3.38. The van der Waals surface area contributed by atoms with Gasteiger partial charge >= 0.3 is 6.09 Å². The molecule has 0 aromatic carbocycles. The molecule has 3 rings (SSSR count). The number of likely N-dealkylation sites (tertiary alicyclic amines) is 1. The van der Waals surface area contributed by atoms with Crippen LogP contribution < -0.4 is 10.1 Å². The lowest BCUT2D eigenvalue weighted by Crippen LogP contribution is -2.41. The van der Waals surface area contributed by atoms with Crippen molar-refractivity contribution in [3.05, 3.63) is 29.7 Å². The van der Waals surface area contributed by atoms with Crippen LogP contribution in [0.3, 0.4) is 0 Å². The minimum Gasteiger partial charge on any atom is -0.474 e. The zero-order valence-electron chi connectivity index (χ0n) is 16.4. The van der Waals surface area contributed by atoms with Crippen LogP contribution in [0.2, 0.25) is 0 Å². The first-order valence-electron chi connectivity index (χ1n) is 9.06. The van der Waals surface area contributed by atoms with Gasteiger partial charge in [-0.1, -0.05) is 0 Å². The topological polar surface area (TPSA) is 135 Å². The molecule has 0 aliphatic carbocycles. The molecule has 0 unspecified atom stereocenters. The van der Waals surface area contributed by atoms with Crippen molar-refractivity contribution in [1.82, 2.24) is 19.9 Å². The highest BCUT2D eigenvalue weighted by atomic mass is 32.2. The van der Waals surface area contributed by atoms with E-state index in [4.69, 9.17) is 9.84 Å². The first-order valence-corrected chi connectivity index (χ1v) is 10.9. The van der Waals surface area contributed by atoms with Crippen LogP contribution in [0.5, 0.6) is 5.88 Å². The van der Waals surface area contributed by atoms with E-state index in [1.54, 1.807) is 13.0 Å². The summed E-state index contributed by atoms with van der Waals surface area (Å²) >= 11 is 0. The van der Waals surface area contributed by atoms with Crippen molar-refractivity contribution in [1.29, 1.82) is 0 Å². The van der Waals surface area contributed by atoms with Crippen molar-refractivity contribution in [3.8, 4) is 5.88 Å². The Morgan fingerprint density at radius 3 is 2.52 bits per heavy atom. The molecule has 2 aromatic heterocycles. The number of hydrogen-bond donors (Lipinski definition) is 2. The molecule has 1 saturated heterocycles. The maximum absolute atomic E-state index is 11.6. The number of pyridine rings is 1. The Labute approximate surface area is 168 Å². The molecule has 10 nitrogen and oxygen atoms in total. The number of aromatic nitrogens is 3. The molecular formula is C18H23N5O5S. The average molecular weight is 421 g/mol. The summed E-state index contributed by atoms with van der Waals surface area (Å²) in [6, 6.07) is 3.08. The van der Waals surface area contributed by atoms with E-state index >= 15 is 0 Å². The molecule has 0 bridgehead atoms.